The first kappa shape index (κ1) is 15.7. The van der Waals surface area contributed by atoms with Crippen LogP contribution in [-0.2, 0) is 13.6 Å². The standard InChI is InChI=1S/C18H21N7/c1-24-13-19-11-15(24)12-25-9-2-4-16(25)14-5-8-20-17(10-14)23-18-21-6-3-7-22-18/h3,5-8,10-11,13,16H,2,4,9,12H2,1H3,(H,20,21,22,23). The van der Waals surface area contributed by atoms with E-state index < -0.39 is 0 Å². The monoisotopic (exact) mass is 335 g/mol. The molecule has 4 rings (SSSR count). The maximum absolute atomic E-state index is 4.40. The maximum atomic E-state index is 4.40. The summed E-state index contributed by atoms with van der Waals surface area (Å²) < 4.78 is 2.08. The molecule has 128 valence electrons. The van der Waals surface area contributed by atoms with Gasteiger partial charge in [-0.3, -0.25) is 4.90 Å². The smallest absolute Gasteiger partial charge is 0.228 e. The minimum Gasteiger partial charge on any atom is -0.337 e. The third kappa shape index (κ3) is 3.51. The molecule has 0 aromatic carbocycles. The van der Waals surface area contributed by atoms with E-state index in [9.17, 15) is 0 Å². The minimum absolute atomic E-state index is 0.398. The largest absolute Gasteiger partial charge is 0.337 e. The van der Waals surface area contributed by atoms with E-state index in [2.05, 4.69) is 46.9 Å². The van der Waals surface area contributed by atoms with E-state index in [-0.39, 0.29) is 0 Å². The van der Waals surface area contributed by atoms with Crippen LogP contribution in [0.3, 0.4) is 0 Å². The number of anilines is 2. The number of imidazole rings is 1. The van der Waals surface area contributed by atoms with Crippen LogP contribution >= 0.6 is 0 Å². The van der Waals surface area contributed by atoms with Crippen molar-refractivity contribution in [1.29, 1.82) is 0 Å². The fourth-order valence-electron chi connectivity index (χ4n) is 3.34. The predicted octanol–water partition coefficient (Wildman–Crippen LogP) is 2.69. The van der Waals surface area contributed by atoms with Gasteiger partial charge in [-0.2, -0.15) is 0 Å². The summed E-state index contributed by atoms with van der Waals surface area (Å²) in [6, 6.07) is 6.39. The van der Waals surface area contributed by atoms with E-state index in [4.69, 9.17) is 0 Å². The summed E-state index contributed by atoms with van der Waals surface area (Å²) in [6.45, 7) is 2.01. The minimum atomic E-state index is 0.398. The molecule has 0 saturated carbocycles. The lowest BCUT2D eigenvalue weighted by atomic mass is 10.1. The Bertz CT molecular complexity index is 830. The highest BCUT2D eigenvalue weighted by atomic mass is 15.2. The molecule has 1 saturated heterocycles. The summed E-state index contributed by atoms with van der Waals surface area (Å²) in [6.07, 6.45) is 11.4. The second-order valence-electron chi connectivity index (χ2n) is 6.30. The van der Waals surface area contributed by atoms with Gasteiger partial charge >= 0.3 is 0 Å². The van der Waals surface area contributed by atoms with E-state index in [1.165, 1.54) is 17.7 Å². The van der Waals surface area contributed by atoms with Crippen LogP contribution in [0.15, 0.2) is 49.3 Å². The molecule has 0 bridgehead atoms. The maximum Gasteiger partial charge on any atom is 0.228 e. The molecule has 3 aromatic heterocycles. The second-order valence-corrected chi connectivity index (χ2v) is 6.30. The molecule has 0 radical (unpaired) electrons. The SMILES string of the molecule is Cn1cncc1CN1CCCC1c1ccnc(Nc2ncccn2)c1. The lowest BCUT2D eigenvalue weighted by molar-refractivity contribution is 0.243. The topological polar surface area (TPSA) is 71.8 Å². The summed E-state index contributed by atoms with van der Waals surface area (Å²) in [7, 11) is 2.04. The first-order valence-corrected chi connectivity index (χ1v) is 8.49. The zero-order valence-electron chi connectivity index (χ0n) is 14.2. The average Bonchev–Trinajstić information content (AvgIpc) is 3.26. The highest BCUT2D eigenvalue weighted by Crippen LogP contribution is 2.33. The molecular formula is C18H21N7. The lowest BCUT2D eigenvalue weighted by Crippen LogP contribution is -2.24. The van der Waals surface area contributed by atoms with Crippen molar-refractivity contribution in [2.24, 2.45) is 7.05 Å². The zero-order chi connectivity index (χ0) is 17.1. The lowest BCUT2D eigenvalue weighted by Gasteiger charge is -2.25. The highest BCUT2D eigenvalue weighted by Gasteiger charge is 2.27. The number of likely N-dealkylation sites (tertiary alicyclic amines) is 1. The van der Waals surface area contributed by atoms with Crippen molar-refractivity contribution in [3.05, 3.63) is 60.6 Å². The molecule has 1 aliphatic rings. The fraction of sp³-hybridized carbons (Fsp3) is 0.333. The van der Waals surface area contributed by atoms with E-state index >= 15 is 0 Å². The molecular weight excluding hydrogens is 314 g/mol. The van der Waals surface area contributed by atoms with Crippen molar-refractivity contribution in [2.75, 3.05) is 11.9 Å². The zero-order valence-corrected chi connectivity index (χ0v) is 14.2. The Morgan fingerprint density at radius 1 is 1.20 bits per heavy atom. The number of aromatic nitrogens is 5. The summed E-state index contributed by atoms with van der Waals surface area (Å²) in [4.78, 5) is 19.5. The molecule has 0 spiro atoms. The predicted molar refractivity (Wildman–Crippen MR) is 95.1 cm³/mol. The number of hydrogen-bond donors (Lipinski definition) is 1. The molecule has 1 fully saturated rings. The van der Waals surface area contributed by atoms with Gasteiger partial charge in [0.25, 0.3) is 0 Å². The number of hydrogen-bond acceptors (Lipinski definition) is 6. The third-order valence-electron chi connectivity index (χ3n) is 4.62. The molecule has 1 unspecified atom stereocenters. The molecule has 0 amide bonds. The van der Waals surface area contributed by atoms with Gasteiger partial charge in [-0.15, -0.1) is 0 Å². The average molecular weight is 335 g/mol. The Kier molecular flexibility index (Phi) is 4.39. The Morgan fingerprint density at radius 2 is 2.08 bits per heavy atom. The third-order valence-corrected chi connectivity index (χ3v) is 4.62. The first-order valence-electron chi connectivity index (χ1n) is 8.49. The van der Waals surface area contributed by atoms with Crippen molar-refractivity contribution in [1.82, 2.24) is 29.4 Å². The molecule has 1 aliphatic heterocycles. The van der Waals surface area contributed by atoms with Crippen LogP contribution in [0.25, 0.3) is 0 Å². The van der Waals surface area contributed by atoms with E-state index in [1.54, 1.807) is 18.5 Å². The van der Waals surface area contributed by atoms with Gasteiger partial charge < -0.3 is 9.88 Å². The van der Waals surface area contributed by atoms with Crippen LogP contribution in [0.4, 0.5) is 11.8 Å². The van der Waals surface area contributed by atoms with Crippen molar-refractivity contribution >= 4 is 11.8 Å². The number of nitrogens with one attached hydrogen (secondary N) is 1. The van der Waals surface area contributed by atoms with E-state index in [1.807, 2.05) is 25.8 Å². The molecule has 1 N–H and O–H groups in total. The molecule has 25 heavy (non-hydrogen) atoms. The van der Waals surface area contributed by atoms with Crippen LogP contribution in [0.5, 0.6) is 0 Å². The number of nitrogens with zero attached hydrogens (tertiary/aromatic N) is 6. The van der Waals surface area contributed by atoms with E-state index in [0.717, 1.165) is 25.3 Å². The normalized spacial score (nSPS) is 17.7. The van der Waals surface area contributed by atoms with Gasteiger partial charge in [-0.1, -0.05) is 0 Å². The Labute approximate surface area is 146 Å². The second kappa shape index (κ2) is 6.98. The van der Waals surface area contributed by atoms with Gasteiger partial charge in [0.2, 0.25) is 5.95 Å². The van der Waals surface area contributed by atoms with Crippen LogP contribution < -0.4 is 5.32 Å². The van der Waals surface area contributed by atoms with Gasteiger partial charge in [0.1, 0.15) is 5.82 Å². The van der Waals surface area contributed by atoms with Crippen LogP contribution in [0.2, 0.25) is 0 Å². The van der Waals surface area contributed by atoms with Crippen LogP contribution in [-0.4, -0.2) is 35.9 Å². The number of rotatable bonds is 5. The molecule has 4 heterocycles. The number of aryl methyl sites for hydroxylation is 1. The summed E-state index contributed by atoms with van der Waals surface area (Å²) in [5.41, 5.74) is 2.50. The van der Waals surface area contributed by atoms with Crippen molar-refractivity contribution < 1.29 is 0 Å². The van der Waals surface area contributed by atoms with Crippen molar-refractivity contribution in [3.8, 4) is 0 Å². The number of pyridine rings is 1. The Hall–Kier alpha value is -2.80. The van der Waals surface area contributed by atoms with Gasteiger partial charge in [0.15, 0.2) is 0 Å². The van der Waals surface area contributed by atoms with Gasteiger partial charge in [0.05, 0.1) is 12.0 Å². The van der Waals surface area contributed by atoms with Crippen molar-refractivity contribution in [2.45, 2.75) is 25.4 Å². The van der Waals surface area contributed by atoms with E-state index in [0.29, 0.717) is 12.0 Å². The Morgan fingerprint density at radius 3 is 2.88 bits per heavy atom. The van der Waals surface area contributed by atoms with Gasteiger partial charge in [0, 0.05) is 44.4 Å². The summed E-state index contributed by atoms with van der Waals surface area (Å²) in [5, 5.41) is 3.17. The molecule has 7 heteroatoms. The van der Waals surface area contributed by atoms with Gasteiger partial charge in [-0.05, 0) is 43.1 Å². The fourth-order valence-corrected chi connectivity index (χ4v) is 3.34. The Balaban J connectivity index is 1.52. The summed E-state index contributed by atoms with van der Waals surface area (Å²) in [5.74, 6) is 1.33. The summed E-state index contributed by atoms with van der Waals surface area (Å²) >= 11 is 0. The molecule has 1 atom stereocenters. The van der Waals surface area contributed by atoms with Crippen molar-refractivity contribution in [3.63, 3.8) is 0 Å². The van der Waals surface area contributed by atoms with Crippen LogP contribution in [0, 0.1) is 0 Å². The van der Waals surface area contributed by atoms with Gasteiger partial charge in [-0.25, -0.2) is 19.9 Å². The quantitative estimate of drug-likeness (QED) is 0.773. The van der Waals surface area contributed by atoms with Crippen LogP contribution in [0.1, 0.15) is 30.1 Å². The molecule has 0 aliphatic carbocycles. The highest BCUT2D eigenvalue weighted by molar-refractivity contribution is 5.48. The molecule has 7 nitrogen and oxygen atoms in total. The molecule has 3 aromatic rings. The first-order chi connectivity index (χ1) is 12.3.